The van der Waals surface area contributed by atoms with Crippen molar-refractivity contribution in [3.8, 4) is 0 Å². The molecule has 1 N–H and O–H groups in total. The predicted octanol–water partition coefficient (Wildman–Crippen LogP) is -0.835. The number of carboxylic acid groups (broad SMARTS) is 1. The molecule has 0 radical (unpaired) electrons. The number of nitrogens with zero attached hydrogens (tertiary/aromatic N) is 3. The van der Waals surface area contributed by atoms with Crippen LogP contribution < -0.4 is 0 Å². The Bertz CT molecular complexity index is 294. The van der Waals surface area contributed by atoms with Gasteiger partial charge in [0, 0.05) is 13.6 Å². The molecular weight excluding hydrogens is 222 g/mol. The average molecular weight is 243 g/mol. The second-order valence-corrected chi connectivity index (χ2v) is 4.75. The Morgan fingerprint density at radius 1 is 1.53 bits per heavy atom. The Morgan fingerprint density at radius 2 is 2.18 bits per heavy atom. The van der Waals surface area contributed by atoms with Gasteiger partial charge in [0.2, 0.25) is 5.91 Å². The number of aliphatic carboxylic acids is 1. The number of amides is 1. The molecule has 0 aliphatic carbocycles. The summed E-state index contributed by atoms with van der Waals surface area (Å²) in [5.74, 6) is -1.05. The maximum atomic E-state index is 11.6. The Labute approximate surface area is 102 Å². The third-order valence-electron chi connectivity index (χ3n) is 3.02. The number of carbonyl (C=O) groups excluding carboxylic acids is 1. The Morgan fingerprint density at radius 3 is 2.71 bits per heavy atom. The molecule has 1 heterocycles. The van der Waals surface area contributed by atoms with Crippen molar-refractivity contribution in [2.75, 3.05) is 47.3 Å². The minimum absolute atomic E-state index is 0.117. The van der Waals surface area contributed by atoms with Crippen LogP contribution in [0.15, 0.2) is 0 Å². The van der Waals surface area contributed by atoms with E-state index in [9.17, 15) is 9.59 Å². The van der Waals surface area contributed by atoms with Gasteiger partial charge in [-0.2, -0.15) is 0 Å². The summed E-state index contributed by atoms with van der Waals surface area (Å²) < 4.78 is 0. The molecule has 1 aliphatic rings. The molecule has 98 valence electrons. The van der Waals surface area contributed by atoms with Gasteiger partial charge in [0.1, 0.15) is 6.04 Å². The van der Waals surface area contributed by atoms with Gasteiger partial charge in [-0.05, 0) is 33.6 Å². The van der Waals surface area contributed by atoms with Crippen LogP contribution >= 0.6 is 0 Å². The Balaban J connectivity index is 2.47. The van der Waals surface area contributed by atoms with Crippen LogP contribution in [0.3, 0.4) is 0 Å². The average Bonchev–Trinajstić information content (AvgIpc) is 2.22. The van der Waals surface area contributed by atoms with Crippen molar-refractivity contribution in [1.82, 2.24) is 14.7 Å². The molecule has 0 aromatic rings. The van der Waals surface area contributed by atoms with Crippen molar-refractivity contribution in [3.63, 3.8) is 0 Å². The van der Waals surface area contributed by atoms with Crippen LogP contribution in [0, 0.1) is 0 Å². The maximum absolute atomic E-state index is 11.6. The van der Waals surface area contributed by atoms with Crippen molar-refractivity contribution in [2.24, 2.45) is 0 Å². The summed E-state index contributed by atoms with van der Waals surface area (Å²) in [6.07, 6.45) is 0.941. The van der Waals surface area contributed by atoms with Gasteiger partial charge in [-0.1, -0.05) is 0 Å². The van der Waals surface area contributed by atoms with Gasteiger partial charge < -0.3 is 14.9 Å². The van der Waals surface area contributed by atoms with Gasteiger partial charge in [-0.25, -0.2) is 4.79 Å². The predicted molar refractivity (Wildman–Crippen MR) is 63.8 cm³/mol. The van der Waals surface area contributed by atoms with E-state index in [0.717, 1.165) is 19.5 Å². The standard InChI is InChI=1S/C11H21N3O3/c1-12(2)5-4-6-14-7-9(11(16)17)13(3)10(15)8-14/h9H,4-8H2,1-3H3,(H,16,17). The number of rotatable bonds is 5. The van der Waals surface area contributed by atoms with Crippen LogP contribution in [0.5, 0.6) is 0 Å². The molecule has 0 spiro atoms. The highest BCUT2D eigenvalue weighted by Gasteiger charge is 2.34. The number of likely N-dealkylation sites (N-methyl/N-ethyl adjacent to an activating group) is 1. The zero-order chi connectivity index (χ0) is 13.0. The summed E-state index contributed by atoms with van der Waals surface area (Å²) in [5.41, 5.74) is 0. The molecule has 0 aromatic heterocycles. The molecule has 6 heteroatoms. The summed E-state index contributed by atoms with van der Waals surface area (Å²) >= 11 is 0. The first-order valence-corrected chi connectivity index (χ1v) is 5.77. The highest BCUT2D eigenvalue weighted by molar-refractivity contribution is 5.86. The minimum Gasteiger partial charge on any atom is -0.480 e. The second-order valence-electron chi connectivity index (χ2n) is 4.75. The molecular formula is C11H21N3O3. The number of carboxylic acids is 1. The summed E-state index contributed by atoms with van der Waals surface area (Å²) in [6.45, 7) is 2.46. The first kappa shape index (κ1) is 13.9. The van der Waals surface area contributed by atoms with Gasteiger partial charge in [0.05, 0.1) is 6.54 Å². The number of piperazine rings is 1. The molecule has 0 aromatic carbocycles. The molecule has 1 atom stereocenters. The molecule has 1 amide bonds. The summed E-state index contributed by atoms with van der Waals surface area (Å²) in [6, 6.07) is -0.712. The first-order chi connectivity index (χ1) is 7.91. The van der Waals surface area contributed by atoms with Crippen LogP contribution in [0.4, 0.5) is 0 Å². The zero-order valence-corrected chi connectivity index (χ0v) is 10.7. The number of hydrogen-bond donors (Lipinski definition) is 1. The number of carbonyl (C=O) groups is 2. The molecule has 0 saturated carbocycles. The monoisotopic (exact) mass is 243 g/mol. The summed E-state index contributed by atoms with van der Waals surface area (Å²) in [5, 5.41) is 9.03. The van der Waals surface area contributed by atoms with Gasteiger partial charge in [-0.15, -0.1) is 0 Å². The molecule has 1 fully saturated rings. The van der Waals surface area contributed by atoms with E-state index >= 15 is 0 Å². The smallest absolute Gasteiger partial charge is 0.327 e. The van der Waals surface area contributed by atoms with Crippen molar-refractivity contribution >= 4 is 11.9 Å². The van der Waals surface area contributed by atoms with Crippen LogP contribution in [0.1, 0.15) is 6.42 Å². The van der Waals surface area contributed by atoms with Crippen molar-refractivity contribution in [1.29, 1.82) is 0 Å². The van der Waals surface area contributed by atoms with E-state index in [4.69, 9.17) is 5.11 Å². The van der Waals surface area contributed by atoms with Crippen LogP contribution in [0.25, 0.3) is 0 Å². The molecule has 17 heavy (non-hydrogen) atoms. The normalized spacial score (nSPS) is 22.2. The lowest BCUT2D eigenvalue weighted by molar-refractivity contribution is -0.154. The third kappa shape index (κ3) is 3.98. The SMILES string of the molecule is CN(C)CCCN1CC(=O)N(C)C(C(=O)O)C1. The lowest BCUT2D eigenvalue weighted by atomic mass is 10.1. The van der Waals surface area contributed by atoms with E-state index < -0.39 is 12.0 Å². The topological polar surface area (TPSA) is 64.1 Å². The largest absolute Gasteiger partial charge is 0.480 e. The van der Waals surface area contributed by atoms with Crippen molar-refractivity contribution in [2.45, 2.75) is 12.5 Å². The van der Waals surface area contributed by atoms with E-state index in [-0.39, 0.29) is 5.91 Å². The van der Waals surface area contributed by atoms with Crippen LogP contribution in [-0.4, -0.2) is 85.0 Å². The highest BCUT2D eigenvalue weighted by atomic mass is 16.4. The van der Waals surface area contributed by atoms with E-state index in [1.54, 1.807) is 7.05 Å². The molecule has 6 nitrogen and oxygen atoms in total. The van der Waals surface area contributed by atoms with Crippen LogP contribution in [-0.2, 0) is 9.59 Å². The number of hydrogen-bond acceptors (Lipinski definition) is 4. The quantitative estimate of drug-likeness (QED) is 0.682. The van der Waals surface area contributed by atoms with E-state index in [1.165, 1.54) is 4.90 Å². The van der Waals surface area contributed by atoms with Gasteiger partial charge in [-0.3, -0.25) is 9.69 Å². The molecule has 1 saturated heterocycles. The molecule has 1 aliphatic heterocycles. The minimum atomic E-state index is -0.932. The molecule has 1 rings (SSSR count). The summed E-state index contributed by atoms with van der Waals surface area (Å²) in [4.78, 5) is 28.0. The lowest BCUT2D eigenvalue weighted by Crippen LogP contribution is -2.57. The third-order valence-corrected chi connectivity index (χ3v) is 3.02. The van der Waals surface area contributed by atoms with E-state index in [2.05, 4.69) is 4.90 Å². The summed E-state index contributed by atoms with van der Waals surface area (Å²) in [7, 11) is 5.54. The molecule has 0 bridgehead atoms. The van der Waals surface area contributed by atoms with E-state index in [0.29, 0.717) is 13.1 Å². The van der Waals surface area contributed by atoms with Crippen LogP contribution in [0.2, 0.25) is 0 Å². The lowest BCUT2D eigenvalue weighted by Gasteiger charge is -2.36. The molecule has 1 unspecified atom stereocenters. The van der Waals surface area contributed by atoms with Gasteiger partial charge in [0.25, 0.3) is 0 Å². The van der Waals surface area contributed by atoms with Crippen molar-refractivity contribution < 1.29 is 14.7 Å². The first-order valence-electron chi connectivity index (χ1n) is 5.77. The highest BCUT2D eigenvalue weighted by Crippen LogP contribution is 2.09. The Kier molecular flexibility index (Phi) is 4.89. The maximum Gasteiger partial charge on any atom is 0.327 e. The fourth-order valence-electron chi connectivity index (χ4n) is 1.93. The fraction of sp³-hybridized carbons (Fsp3) is 0.818. The van der Waals surface area contributed by atoms with Gasteiger partial charge in [0.15, 0.2) is 0 Å². The Hall–Kier alpha value is -1.14. The second kappa shape index (κ2) is 5.97. The zero-order valence-electron chi connectivity index (χ0n) is 10.7. The van der Waals surface area contributed by atoms with Gasteiger partial charge >= 0.3 is 5.97 Å². The van der Waals surface area contributed by atoms with E-state index in [1.807, 2.05) is 19.0 Å². The fourth-order valence-corrected chi connectivity index (χ4v) is 1.93. The van der Waals surface area contributed by atoms with Crippen molar-refractivity contribution in [3.05, 3.63) is 0 Å².